The maximum atomic E-state index is 13.4. The topological polar surface area (TPSA) is 98.8 Å². The largest absolute Gasteiger partial charge is 0.530 e. The van der Waals surface area contributed by atoms with Gasteiger partial charge in [0.2, 0.25) is 0 Å². The van der Waals surface area contributed by atoms with Crippen LogP contribution < -0.4 is 10.4 Å². The van der Waals surface area contributed by atoms with E-state index in [0.717, 1.165) is 10.4 Å². The van der Waals surface area contributed by atoms with Crippen LogP contribution in [0.25, 0.3) is 0 Å². The van der Waals surface area contributed by atoms with Gasteiger partial charge in [0.25, 0.3) is 8.32 Å². The van der Waals surface area contributed by atoms with E-state index in [0.29, 0.717) is 0 Å². The fourth-order valence-electron chi connectivity index (χ4n) is 4.95. The van der Waals surface area contributed by atoms with Crippen LogP contribution >= 0.6 is 7.82 Å². The standard InChI is InChI=1S/C31H43O9PSi/c1-8-35-29(32)21-26-27(40-41(33,36-9-2)37-10-3)22-30(34-7)39-28(26)23-38-42(31(4,5)6,24-17-13-11-14-18-24)25-19-15-12-16-20-25/h11-22,28,30H,8-10,23H2,1-7H3/b26-21-/t28-,30+/m1/s1. The van der Waals surface area contributed by atoms with Gasteiger partial charge in [0.1, 0.15) is 11.9 Å². The fraction of sp³-hybridized carbons (Fsp3) is 0.452. The number of rotatable bonds is 14. The molecule has 0 bridgehead atoms. The predicted molar refractivity (Wildman–Crippen MR) is 164 cm³/mol. The van der Waals surface area contributed by atoms with Crippen LogP contribution in [0.3, 0.4) is 0 Å². The first-order chi connectivity index (χ1) is 20.0. The molecule has 0 spiro atoms. The van der Waals surface area contributed by atoms with Gasteiger partial charge >= 0.3 is 13.8 Å². The van der Waals surface area contributed by atoms with Gasteiger partial charge in [-0.25, -0.2) is 9.36 Å². The van der Waals surface area contributed by atoms with Crippen molar-refractivity contribution in [2.45, 2.75) is 59.0 Å². The number of carbonyl (C=O) groups is 1. The molecule has 230 valence electrons. The minimum absolute atomic E-state index is 0.0344. The van der Waals surface area contributed by atoms with Gasteiger partial charge in [-0.1, -0.05) is 81.4 Å². The molecule has 1 heterocycles. The van der Waals surface area contributed by atoms with Crippen molar-refractivity contribution in [1.82, 2.24) is 0 Å². The van der Waals surface area contributed by atoms with Gasteiger partial charge in [-0.05, 0) is 36.2 Å². The molecular weight excluding hydrogens is 575 g/mol. The molecule has 0 saturated heterocycles. The molecule has 1 aliphatic rings. The Kier molecular flexibility index (Phi) is 12.3. The van der Waals surface area contributed by atoms with E-state index in [1.54, 1.807) is 20.8 Å². The van der Waals surface area contributed by atoms with Crippen LogP contribution in [0.2, 0.25) is 5.04 Å². The zero-order valence-electron chi connectivity index (χ0n) is 25.5. The van der Waals surface area contributed by atoms with E-state index in [4.69, 9.17) is 32.2 Å². The van der Waals surface area contributed by atoms with E-state index in [2.05, 4.69) is 45.0 Å². The number of hydrogen-bond donors (Lipinski definition) is 0. The molecular formula is C31H43O9PSi. The third-order valence-corrected chi connectivity index (χ3v) is 13.2. The van der Waals surface area contributed by atoms with Crippen LogP contribution in [-0.4, -0.2) is 60.2 Å². The molecule has 0 N–H and O–H groups in total. The molecule has 2 aromatic carbocycles. The summed E-state index contributed by atoms with van der Waals surface area (Å²) in [5, 5.41) is 1.87. The highest BCUT2D eigenvalue weighted by Gasteiger charge is 2.51. The molecule has 0 radical (unpaired) electrons. The summed E-state index contributed by atoms with van der Waals surface area (Å²) in [6.07, 6.45) is 1.01. The second-order valence-electron chi connectivity index (χ2n) is 10.5. The van der Waals surface area contributed by atoms with Crippen molar-refractivity contribution in [2.24, 2.45) is 0 Å². The molecule has 1 aliphatic heterocycles. The summed E-state index contributed by atoms with van der Waals surface area (Å²) in [6.45, 7) is 12.0. The monoisotopic (exact) mass is 618 g/mol. The average Bonchev–Trinajstić information content (AvgIpc) is 2.95. The summed E-state index contributed by atoms with van der Waals surface area (Å²) >= 11 is 0. The third kappa shape index (κ3) is 8.08. The molecule has 0 amide bonds. The van der Waals surface area contributed by atoms with Gasteiger partial charge in [-0.15, -0.1) is 0 Å². The summed E-state index contributed by atoms with van der Waals surface area (Å²) in [7, 11) is -5.52. The average molecular weight is 619 g/mol. The van der Waals surface area contributed by atoms with Crippen molar-refractivity contribution in [2.75, 3.05) is 33.5 Å². The van der Waals surface area contributed by atoms with Gasteiger partial charge in [0.05, 0.1) is 26.4 Å². The Labute approximate surface area is 250 Å². The minimum Gasteiger partial charge on any atom is -0.463 e. The molecule has 2 aromatic rings. The third-order valence-electron chi connectivity index (χ3n) is 6.66. The summed E-state index contributed by atoms with van der Waals surface area (Å²) < 4.78 is 54.1. The normalized spacial score (nSPS) is 18.9. The quantitative estimate of drug-likeness (QED) is 0.118. The van der Waals surface area contributed by atoms with Crippen LogP contribution in [0.4, 0.5) is 0 Å². The number of benzene rings is 2. The Morgan fingerprint density at radius 2 is 1.48 bits per heavy atom. The molecule has 0 aromatic heterocycles. The van der Waals surface area contributed by atoms with Gasteiger partial charge in [0.15, 0.2) is 6.29 Å². The van der Waals surface area contributed by atoms with Crippen molar-refractivity contribution in [3.8, 4) is 0 Å². The van der Waals surface area contributed by atoms with E-state index in [1.807, 2.05) is 36.4 Å². The van der Waals surface area contributed by atoms with Gasteiger partial charge in [-0.2, -0.15) is 0 Å². The Morgan fingerprint density at radius 3 is 1.93 bits per heavy atom. The number of phosphoric acid groups is 1. The highest BCUT2D eigenvalue weighted by atomic mass is 31.2. The second kappa shape index (κ2) is 15.2. The number of ether oxygens (including phenoxy) is 3. The number of carbonyl (C=O) groups excluding carboxylic acids is 1. The Morgan fingerprint density at radius 1 is 0.929 bits per heavy atom. The number of methoxy groups -OCH3 is 1. The zero-order chi connectivity index (χ0) is 30.8. The molecule has 0 fully saturated rings. The van der Waals surface area contributed by atoms with Gasteiger partial charge < -0.3 is 23.2 Å². The predicted octanol–water partition coefficient (Wildman–Crippen LogP) is 5.51. The lowest BCUT2D eigenvalue weighted by molar-refractivity contribution is -0.139. The maximum Gasteiger partial charge on any atom is 0.530 e. The highest BCUT2D eigenvalue weighted by Crippen LogP contribution is 2.53. The van der Waals surface area contributed by atoms with Crippen LogP contribution in [0, 0.1) is 0 Å². The Bertz CT molecular complexity index is 1210. The SMILES string of the molecule is CCOC(=O)/C=C1/C(OP(=O)(OCC)OCC)=C[C@@H](OC)O[C@@H]1CO[Si](c1ccccc1)(c1ccccc1)C(C)(C)C. The first-order valence-corrected chi connectivity index (χ1v) is 17.5. The minimum atomic E-state index is -4.03. The molecule has 2 atom stereocenters. The molecule has 0 aliphatic carbocycles. The first-order valence-electron chi connectivity index (χ1n) is 14.2. The van der Waals surface area contributed by atoms with Crippen molar-refractivity contribution < 1.29 is 41.6 Å². The molecule has 0 saturated carbocycles. The zero-order valence-corrected chi connectivity index (χ0v) is 27.4. The highest BCUT2D eigenvalue weighted by molar-refractivity contribution is 7.48. The van der Waals surface area contributed by atoms with Crippen LogP contribution in [0.5, 0.6) is 0 Å². The van der Waals surface area contributed by atoms with E-state index >= 15 is 0 Å². The lowest BCUT2D eigenvalue weighted by Crippen LogP contribution is -2.67. The fourth-order valence-corrected chi connectivity index (χ4v) is 10.7. The lowest BCUT2D eigenvalue weighted by Gasteiger charge is -2.44. The van der Waals surface area contributed by atoms with Crippen LogP contribution in [0.1, 0.15) is 41.5 Å². The van der Waals surface area contributed by atoms with E-state index in [9.17, 15) is 9.36 Å². The van der Waals surface area contributed by atoms with Crippen molar-refractivity contribution in [3.05, 3.63) is 84.1 Å². The van der Waals surface area contributed by atoms with Crippen LogP contribution in [-0.2, 0) is 41.6 Å². The molecule has 3 rings (SSSR count). The summed E-state index contributed by atoms with van der Waals surface area (Å²) in [4.78, 5) is 12.7. The van der Waals surface area contributed by atoms with E-state index in [-0.39, 0.29) is 42.8 Å². The number of esters is 1. The van der Waals surface area contributed by atoms with Crippen molar-refractivity contribution >= 4 is 32.5 Å². The summed E-state index contributed by atoms with van der Waals surface area (Å²) in [5.41, 5.74) is 0.277. The molecule has 42 heavy (non-hydrogen) atoms. The van der Waals surface area contributed by atoms with Crippen molar-refractivity contribution in [3.63, 3.8) is 0 Å². The summed E-state index contributed by atoms with van der Waals surface area (Å²) in [6, 6.07) is 20.4. The first kappa shape index (κ1) is 33.9. The number of phosphoric ester groups is 1. The van der Waals surface area contributed by atoms with Crippen molar-refractivity contribution in [1.29, 1.82) is 0 Å². The van der Waals surface area contributed by atoms with Crippen LogP contribution in [0.15, 0.2) is 84.1 Å². The number of hydrogen-bond acceptors (Lipinski definition) is 9. The summed E-state index contributed by atoms with van der Waals surface area (Å²) in [5.74, 6) is -0.540. The van der Waals surface area contributed by atoms with Gasteiger partial charge in [0, 0.05) is 24.8 Å². The van der Waals surface area contributed by atoms with E-state index in [1.165, 1.54) is 19.3 Å². The molecule has 0 unspecified atom stereocenters. The Balaban J connectivity index is 2.12. The van der Waals surface area contributed by atoms with E-state index < -0.39 is 34.5 Å². The second-order valence-corrected chi connectivity index (χ2v) is 16.4. The lowest BCUT2D eigenvalue weighted by atomic mass is 10.0. The maximum absolute atomic E-state index is 13.4. The van der Waals surface area contributed by atoms with Gasteiger partial charge in [-0.3, -0.25) is 9.05 Å². The Hall–Kier alpha value is -2.56. The molecule has 11 heteroatoms. The smallest absolute Gasteiger partial charge is 0.463 e. The molecule has 9 nitrogen and oxygen atoms in total.